The minimum absolute atomic E-state index is 0.542. The Morgan fingerprint density at radius 2 is 2.43 bits per heavy atom. The molecule has 76 valence electrons. The number of rotatable bonds is 4. The lowest BCUT2D eigenvalue weighted by Crippen LogP contribution is -2.46. The lowest BCUT2D eigenvalue weighted by Gasteiger charge is -2.27. The van der Waals surface area contributed by atoms with Gasteiger partial charge in [0.25, 0.3) is 0 Å². The summed E-state index contributed by atoms with van der Waals surface area (Å²) in [5, 5.41) is 3.30. The molecule has 0 amide bonds. The largest absolute Gasteiger partial charge is 0.490 e. The van der Waals surface area contributed by atoms with Crippen molar-refractivity contribution in [1.29, 1.82) is 0 Å². The first-order valence-electron chi connectivity index (χ1n) is 5.18. The van der Waals surface area contributed by atoms with Gasteiger partial charge in [-0.2, -0.15) is 0 Å². The quantitative estimate of drug-likeness (QED) is 0.780. The van der Waals surface area contributed by atoms with E-state index < -0.39 is 0 Å². The third kappa shape index (κ3) is 2.23. The average Bonchev–Trinajstić information content (AvgIpc) is 2.16. The summed E-state index contributed by atoms with van der Waals surface area (Å²) in [5.41, 5.74) is 1.23. The van der Waals surface area contributed by atoms with E-state index in [9.17, 15) is 0 Å². The number of pyridine rings is 1. The Hall–Kier alpha value is -1.09. The third-order valence-electron chi connectivity index (χ3n) is 2.56. The summed E-state index contributed by atoms with van der Waals surface area (Å²) in [5.74, 6) is 0.887. The predicted octanol–water partition coefficient (Wildman–Crippen LogP) is 1.38. The smallest absolute Gasteiger partial charge is 0.137 e. The maximum atomic E-state index is 5.63. The van der Waals surface area contributed by atoms with Crippen molar-refractivity contribution in [2.24, 2.45) is 0 Å². The molecule has 3 nitrogen and oxygen atoms in total. The summed E-state index contributed by atoms with van der Waals surface area (Å²) in [6.07, 6.45) is 5.89. The highest BCUT2D eigenvalue weighted by atomic mass is 16.5. The molecular formula is C11H16N2O. The zero-order chi connectivity index (χ0) is 9.80. The molecule has 14 heavy (non-hydrogen) atoms. The molecule has 1 aromatic rings. The fraction of sp³-hybridized carbons (Fsp3) is 0.545. The fourth-order valence-electron chi connectivity index (χ4n) is 1.42. The van der Waals surface area contributed by atoms with Crippen LogP contribution in [0.1, 0.15) is 18.9 Å². The molecule has 0 unspecified atom stereocenters. The maximum Gasteiger partial charge on any atom is 0.137 e. The summed E-state index contributed by atoms with van der Waals surface area (Å²) in [7, 11) is 0. The summed E-state index contributed by atoms with van der Waals surface area (Å²) < 4.78 is 5.63. The van der Waals surface area contributed by atoms with Crippen LogP contribution in [0.25, 0.3) is 0 Å². The van der Waals surface area contributed by atoms with E-state index in [0.29, 0.717) is 6.04 Å². The van der Waals surface area contributed by atoms with Crippen LogP contribution in [-0.2, 0) is 6.42 Å². The van der Waals surface area contributed by atoms with Crippen LogP contribution in [0.4, 0.5) is 0 Å². The molecule has 2 rings (SSSR count). The minimum Gasteiger partial charge on any atom is -0.490 e. The van der Waals surface area contributed by atoms with Gasteiger partial charge in [-0.3, -0.25) is 4.98 Å². The first-order chi connectivity index (χ1) is 6.88. The van der Waals surface area contributed by atoms with Gasteiger partial charge in [0, 0.05) is 12.2 Å². The second-order valence-corrected chi connectivity index (χ2v) is 3.63. The number of nitrogens with zero attached hydrogens (tertiary/aromatic N) is 1. The van der Waals surface area contributed by atoms with Crippen LogP contribution in [0.5, 0.6) is 5.75 Å². The molecule has 0 saturated carbocycles. The van der Waals surface area contributed by atoms with Crippen molar-refractivity contribution >= 4 is 0 Å². The molecular weight excluding hydrogens is 175 g/mol. The molecule has 1 fully saturated rings. The monoisotopic (exact) mass is 191 g/mol. The van der Waals surface area contributed by atoms with Gasteiger partial charge in [-0.1, -0.05) is 6.92 Å². The van der Waals surface area contributed by atoms with E-state index in [1.165, 1.54) is 12.0 Å². The highest BCUT2D eigenvalue weighted by Gasteiger charge is 2.16. The molecule has 1 aliphatic rings. The first-order valence-corrected chi connectivity index (χ1v) is 5.18. The van der Waals surface area contributed by atoms with Crippen molar-refractivity contribution < 1.29 is 4.74 Å². The van der Waals surface area contributed by atoms with Crippen LogP contribution >= 0.6 is 0 Å². The van der Waals surface area contributed by atoms with Crippen LogP contribution in [0.2, 0.25) is 0 Å². The van der Waals surface area contributed by atoms with E-state index in [-0.39, 0.29) is 0 Å². The van der Waals surface area contributed by atoms with Gasteiger partial charge in [0.2, 0.25) is 0 Å². The van der Waals surface area contributed by atoms with E-state index in [1.807, 2.05) is 6.20 Å². The molecule has 1 atom stereocenters. The van der Waals surface area contributed by atoms with Gasteiger partial charge >= 0.3 is 0 Å². The van der Waals surface area contributed by atoms with Gasteiger partial charge in [-0.25, -0.2) is 0 Å². The van der Waals surface area contributed by atoms with Crippen molar-refractivity contribution in [1.82, 2.24) is 10.3 Å². The van der Waals surface area contributed by atoms with Gasteiger partial charge in [0.05, 0.1) is 6.20 Å². The summed E-state index contributed by atoms with van der Waals surface area (Å²) in [4.78, 5) is 4.13. The maximum absolute atomic E-state index is 5.63. The van der Waals surface area contributed by atoms with Gasteiger partial charge in [0.1, 0.15) is 12.4 Å². The van der Waals surface area contributed by atoms with Crippen LogP contribution in [0.15, 0.2) is 18.5 Å². The lowest BCUT2D eigenvalue weighted by molar-refractivity contribution is 0.217. The fourth-order valence-corrected chi connectivity index (χ4v) is 1.42. The molecule has 2 heterocycles. The Bertz CT molecular complexity index is 297. The first kappa shape index (κ1) is 9.46. The van der Waals surface area contributed by atoms with Gasteiger partial charge < -0.3 is 10.1 Å². The Kier molecular flexibility index (Phi) is 2.99. The molecule has 0 radical (unpaired) electrons. The predicted molar refractivity (Wildman–Crippen MR) is 55.5 cm³/mol. The zero-order valence-electron chi connectivity index (χ0n) is 8.49. The Balaban J connectivity index is 1.87. The SMILES string of the molecule is [11CH3]Cc1cncc(OC[C@@H]2CCN2)c1. The highest BCUT2D eigenvalue weighted by Crippen LogP contribution is 2.13. The Morgan fingerprint density at radius 1 is 1.57 bits per heavy atom. The molecule has 1 saturated heterocycles. The van der Waals surface area contributed by atoms with E-state index in [0.717, 1.165) is 25.3 Å². The highest BCUT2D eigenvalue weighted by molar-refractivity contribution is 5.23. The minimum atomic E-state index is 0.542. The van der Waals surface area contributed by atoms with Crippen LogP contribution in [0.3, 0.4) is 0 Å². The van der Waals surface area contributed by atoms with Crippen molar-refractivity contribution in [3.63, 3.8) is 0 Å². The normalized spacial score (nSPS) is 20.2. The third-order valence-corrected chi connectivity index (χ3v) is 2.56. The average molecular weight is 191 g/mol. The number of aromatic nitrogens is 1. The molecule has 0 aromatic carbocycles. The van der Waals surface area contributed by atoms with Crippen molar-refractivity contribution in [3.05, 3.63) is 24.0 Å². The molecule has 1 N–H and O–H groups in total. The number of aryl methyl sites for hydroxylation is 1. The van der Waals surface area contributed by atoms with Gasteiger partial charge in [0.15, 0.2) is 0 Å². The van der Waals surface area contributed by atoms with Crippen LogP contribution in [0, 0.1) is 0 Å². The van der Waals surface area contributed by atoms with Crippen LogP contribution < -0.4 is 10.1 Å². The van der Waals surface area contributed by atoms with Crippen molar-refractivity contribution in [2.75, 3.05) is 13.2 Å². The molecule has 0 spiro atoms. The molecule has 1 aromatic heterocycles. The number of nitrogens with one attached hydrogen (secondary N) is 1. The van der Waals surface area contributed by atoms with Crippen molar-refractivity contribution in [2.45, 2.75) is 25.8 Å². The van der Waals surface area contributed by atoms with E-state index >= 15 is 0 Å². The standard InChI is InChI=1S/C11H16N2O/c1-2-9-5-11(7-12-6-9)14-8-10-3-4-13-10/h5-7,10,13H,2-4,8H2,1H3/t10-/m0/s1/i1-1. The lowest BCUT2D eigenvalue weighted by atomic mass is 10.1. The Labute approximate surface area is 84.5 Å². The van der Waals surface area contributed by atoms with E-state index in [2.05, 4.69) is 23.3 Å². The zero-order valence-corrected chi connectivity index (χ0v) is 8.49. The second kappa shape index (κ2) is 4.42. The second-order valence-electron chi connectivity index (χ2n) is 3.63. The number of hydrogen-bond acceptors (Lipinski definition) is 3. The summed E-state index contributed by atoms with van der Waals surface area (Å²) in [6, 6.07) is 2.60. The van der Waals surface area contributed by atoms with Crippen LogP contribution in [-0.4, -0.2) is 24.2 Å². The summed E-state index contributed by atoms with van der Waals surface area (Å²) >= 11 is 0. The number of hydrogen-bond donors (Lipinski definition) is 1. The molecule has 1 aliphatic heterocycles. The van der Waals surface area contributed by atoms with E-state index in [4.69, 9.17) is 4.74 Å². The molecule has 0 aliphatic carbocycles. The summed E-state index contributed by atoms with van der Waals surface area (Å²) in [6.45, 7) is 4.00. The van der Waals surface area contributed by atoms with Gasteiger partial charge in [-0.05, 0) is 31.0 Å². The molecule has 0 bridgehead atoms. The molecule has 3 heteroatoms. The van der Waals surface area contributed by atoms with E-state index in [1.54, 1.807) is 6.20 Å². The van der Waals surface area contributed by atoms with Crippen molar-refractivity contribution in [3.8, 4) is 5.75 Å². The Morgan fingerprint density at radius 3 is 3.07 bits per heavy atom. The number of ether oxygens (including phenoxy) is 1. The van der Waals surface area contributed by atoms with Gasteiger partial charge in [-0.15, -0.1) is 0 Å². The topological polar surface area (TPSA) is 34.1 Å².